The van der Waals surface area contributed by atoms with Crippen LogP contribution in [0.2, 0.25) is 0 Å². The summed E-state index contributed by atoms with van der Waals surface area (Å²) < 4.78 is 5.76. The Bertz CT molecular complexity index is 724. The van der Waals surface area contributed by atoms with E-state index in [-0.39, 0.29) is 11.8 Å². The molecule has 0 heterocycles. The molecular formula is C20H24N2O3. The lowest BCUT2D eigenvalue weighted by atomic mass is 10.0. The first-order chi connectivity index (χ1) is 12.0. The standard InChI is InChI=1S/C20H24N2O3/c1-14(2)18-6-4-5-7-19(18)25-13-12-21-20(24)22-17-10-8-16(9-11-17)15(3)23/h4-11,14H,12-13H2,1-3H3,(H2,21,22,24). The Morgan fingerprint density at radius 3 is 2.36 bits per heavy atom. The minimum absolute atomic E-state index is 0.00479. The SMILES string of the molecule is CC(=O)c1ccc(NC(=O)NCCOc2ccccc2C(C)C)cc1. The van der Waals surface area contributed by atoms with Gasteiger partial charge in [-0.05, 0) is 48.7 Å². The minimum Gasteiger partial charge on any atom is -0.491 e. The van der Waals surface area contributed by atoms with Gasteiger partial charge in [0.25, 0.3) is 0 Å². The predicted molar refractivity (Wildman–Crippen MR) is 99.5 cm³/mol. The summed E-state index contributed by atoms with van der Waals surface area (Å²) >= 11 is 0. The van der Waals surface area contributed by atoms with E-state index in [2.05, 4.69) is 24.5 Å². The average Bonchev–Trinajstić information content (AvgIpc) is 2.59. The van der Waals surface area contributed by atoms with E-state index >= 15 is 0 Å². The average molecular weight is 340 g/mol. The molecule has 0 radical (unpaired) electrons. The van der Waals surface area contributed by atoms with Gasteiger partial charge in [-0.1, -0.05) is 32.0 Å². The molecule has 0 saturated carbocycles. The second kappa shape index (κ2) is 8.87. The maximum absolute atomic E-state index is 11.9. The molecule has 132 valence electrons. The van der Waals surface area contributed by atoms with Crippen LogP contribution in [0.4, 0.5) is 10.5 Å². The van der Waals surface area contributed by atoms with Gasteiger partial charge in [-0.2, -0.15) is 0 Å². The van der Waals surface area contributed by atoms with E-state index in [0.29, 0.717) is 30.3 Å². The van der Waals surface area contributed by atoms with E-state index < -0.39 is 0 Å². The van der Waals surface area contributed by atoms with E-state index in [0.717, 1.165) is 11.3 Å². The van der Waals surface area contributed by atoms with Gasteiger partial charge in [0.05, 0.1) is 6.54 Å². The van der Waals surface area contributed by atoms with Crippen LogP contribution in [0.5, 0.6) is 5.75 Å². The van der Waals surface area contributed by atoms with E-state index in [1.807, 2.05) is 24.3 Å². The number of rotatable bonds is 7. The molecule has 2 aromatic rings. The summed E-state index contributed by atoms with van der Waals surface area (Å²) in [5.74, 6) is 1.22. The van der Waals surface area contributed by atoms with Gasteiger partial charge in [-0.15, -0.1) is 0 Å². The van der Waals surface area contributed by atoms with E-state index in [1.165, 1.54) is 6.92 Å². The van der Waals surface area contributed by atoms with Gasteiger partial charge in [-0.25, -0.2) is 4.79 Å². The molecule has 0 atom stereocenters. The lowest BCUT2D eigenvalue weighted by Gasteiger charge is -2.14. The fraction of sp³-hybridized carbons (Fsp3) is 0.300. The van der Waals surface area contributed by atoms with Crippen molar-refractivity contribution in [3.63, 3.8) is 0 Å². The van der Waals surface area contributed by atoms with Crippen molar-refractivity contribution in [2.24, 2.45) is 0 Å². The Hall–Kier alpha value is -2.82. The predicted octanol–water partition coefficient (Wildman–Crippen LogP) is 4.21. The minimum atomic E-state index is -0.309. The molecular weight excluding hydrogens is 316 g/mol. The summed E-state index contributed by atoms with van der Waals surface area (Å²) in [6.07, 6.45) is 0. The molecule has 0 saturated heterocycles. The number of carbonyl (C=O) groups excluding carboxylic acids is 2. The van der Waals surface area contributed by atoms with Gasteiger partial charge in [0.15, 0.2) is 5.78 Å². The Balaban J connectivity index is 1.76. The van der Waals surface area contributed by atoms with Crippen molar-refractivity contribution in [3.05, 3.63) is 59.7 Å². The number of hydrogen-bond donors (Lipinski definition) is 2. The number of para-hydroxylation sites is 1. The largest absolute Gasteiger partial charge is 0.491 e. The van der Waals surface area contributed by atoms with Crippen molar-refractivity contribution < 1.29 is 14.3 Å². The monoisotopic (exact) mass is 340 g/mol. The maximum Gasteiger partial charge on any atom is 0.319 e. The molecule has 0 aliphatic carbocycles. The van der Waals surface area contributed by atoms with Crippen molar-refractivity contribution >= 4 is 17.5 Å². The van der Waals surface area contributed by atoms with Crippen LogP contribution in [0.25, 0.3) is 0 Å². The number of ketones is 1. The molecule has 0 unspecified atom stereocenters. The molecule has 2 aromatic carbocycles. The highest BCUT2D eigenvalue weighted by Crippen LogP contribution is 2.25. The second-order valence-corrected chi connectivity index (χ2v) is 6.06. The van der Waals surface area contributed by atoms with Crippen molar-refractivity contribution in [2.45, 2.75) is 26.7 Å². The van der Waals surface area contributed by atoms with Gasteiger partial charge < -0.3 is 15.4 Å². The Morgan fingerprint density at radius 1 is 1.04 bits per heavy atom. The summed E-state index contributed by atoms with van der Waals surface area (Å²) in [6.45, 7) is 6.52. The van der Waals surface area contributed by atoms with Crippen molar-refractivity contribution in [2.75, 3.05) is 18.5 Å². The smallest absolute Gasteiger partial charge is 0.319 e. The van der Waals surface area contributed by atoms with Crippen LogP contribution in [0.3, 0.4) is 0 Å². The third kappa shape index (κ3) is 5.64. The number of benzene rings is 2. The van der Waals surface area contributed by atoms with Crippen LogP contribution >= 0.6 is 0 Å². The summed E-state index contributed by atoms with van der Waals surface area (Å²) in [7, 11) is 0. The van der Waals surface area contributed by atoms with Gasteiger partial charge in [0, 0.05) is 11.3 Å². The third-order valence-corrected chi connectivity index (χ3v) is 3.74. The fourth-order valence-electron chi connectivity index (χ4n) is 2.38. The molecule has 0 aliphatic rings. The molecule has 0 bridgehead atoms. The second-order valence-electron chi connectivity index (χ2n) is 6.06. The molecule has 5 heteroatoms. The summed E-state index contributed by atoms with van der Waals surface area (Å²) in [6, 6.07) is 14.4. The highest BCUT2D eigenvalue weighted by molar-refractivity contribution is 5.95. The zero-order chi connectivity index (χ0) is 18.2. The van der Waals surface area contributed by atoms with E-state index in [9.17, 15) is 9.59 Å². The van der Waals surface area contributed by atoms with Crippen molar-refractivity contribution in [1.82, 2.24) is 5.32 Å². The molecule has 2 rings (SSSR count). The zero-order valence-electron chi connectivity index (χ0n) is 14.8. The number of nitrogens with one attached hydrogen (secondary N) is 2. The Kier molecular flexibility index (Phi) is 6.57. The van der Waals surface area contributed by atoms with E-state index in [4.69, 9.17) is 4.74 Å². The van der Waals surface area contributed by atoms with Crippen LogP contribution in [-0.4, -0.2) is 25.0 Å². The Morgan fingerprint density at radius 2 is 1.72 bits per heavy atom. The van der Waals surface area contributed by atoms with Crippen molar-refractivity contribution in [1.29, 1.82) is 0 Å². The van der Waals surface area contributed by atoms with Gasteiger partial charge in [0.2, 0.25) is 0 Å². The van der Waals surface area contributed by atoms with Crippen LogP contribution in [-0.2, 0) is 0 Å². The van der Waals surface area contributed by atoms with Crippen LogP contribution in [0.15, 0.2) is 48.5 Å². The lowest BCUT2D eigenvalue weighted by Crippen LogP contribution is -2.32. The quantitative estimate of drug-likeness (QED) is 0.586. The molecule has 25 heavy (non-hydrogen) atoms. The first-order valence-corrected chi connectivity index (χ1v) is 8.35. The van der Waals surface area contributed by atoms with Crippen molar-refractivity contribution in [3.8, 4) is 5.75 Å². The highest BCUT2D eigenvalue weighted by atomic mass is 16.5. The third-order valence-electron chi connectivity index (χ3n) is 3.74. The Labute approximate surface area is 148 Å². The van der Waals surface area contributed by atoms with Gasteiger partial charge in [-0.3, -0.25) is 4.79 Å². The van der Waals surface area contributed by atoms with Crippen LogP contribution in [0.1, 0.15) is 42.6 Å². The number of amides is 2. The number of urea groups is 1. The normalized spacial score (nSPS) is 10.4. The summed E-state index contributed by atoms with van der Waals surface area (Å²) in [5, 5.41) is 5.46. The first kappa shape index (κ1) is 18.5. The lowest BCUT2D eigenvalue weighted by molar-refractivity contribution is 0.101. The fourth-order valence-corrected chi connectivity index (χ4v) is 2.38. The van der Waals surface area contributed by atoms with Crippen LogP contribution < -0.4 is 15.4 Å². The summed E-state index contributed by atoms with van der Waals surface area (Å²) in [4.78, 5) is 23.1. The number of anilines is 1. The molecule has 2 N–H and O–H groups in total. The number of carbonyl (C=O) groups is 2. The maximum atomic E-state index is 11.9. The highest BCUT2D eigenvalue weighted by Gasteiger charge is 2.07. The number of Topliss-reactive ketones (excluding diaryl/α,β-unsaturated/α-hetero) is 1. The molecule has 0 aromatic heterocycles. The molecule has 0 aliphatic heterocycles. The van der Waals surface area contributed by atoms with Gasteiger partial charge >= 0.3 is 6.03 Å². The zero-order valence-corrected chi connectivity index (χ0v) is 14.8. The molecule has 0 fully saturated rings. The van der Waals surface area contributed by atoms with E-state index in [1.54, 1.807) is 24.3 Å². The molecule has 2 amide bonds. The van der Waals surface area contributed by atoms with Gasteiger partial charge in [0.1, 0.15) is 12.4 Å². The van der Waals surface area contributed by atoms with Crippen LogP contribution in [0, 0.1) is 0 Å². The number of ether oxygens (including phenoxy) is 1. The molecule has 5 nitrogen and oxygen atoms in total. The first-order valence-electron chi connectivity index (χ1n) is 8.35. The number of hydrogen-bond acceptors (Lipinski definition) is 3. The summed E-state index contributed by atoms with van der Waals surface area (Å²) in [5.41, 5.74) is 2.40. The molecule has 0 spiro atoms. The topological polar surface area (TPSA) is 67.4 Å².